The van der Waals surface area contributed by atoms with Crippen LogP contribution in [0.4, 0.5) is 0 Å². The van der Waals surface area contributed by atoms with E-state index in [1.807, 2.05) is 31.1 Å². The second-order valence-electron chi connectivity index (χ2n) is 5.86. The molecule has 1 aliphatic rings. The van der Waals surface area contributed by atoms with Crippen LogP contribution in [0.5, 0.6) is 0 Å². The van der Waals surface area contributed by atoms with Crippen molar-refractivity contribution in [2.75, 3.05) is 26.2 Å². The lowest BCUT2D eigenvalue weighted by atomic mass is 10.2. The second-order valence-corrected chi connectivity index (χ2v) is 5.86. The lowest BCUT2D eigenvalue weighted by Gasteiger charge is -2.34. The molecule has 0 atom stereocenters. The molecule has 0 saturated carbocycles. The number of hydrogen-bond donors (Lipinski definition) is 0. The second kappa shape index (κ2) is 6.32. The average molecular weight is 298 g/mol. The van der Waals surface area contributed by atoms with E-state index in [1.165, 1.54) is 5.56 Å². The third-order valence-corrected chi connectivity index (χ3v) is 4.15. The van der Waals surface area contributed by atoms with Crippen molar-refractivity contribution in [3.05, 3.63) is 53.3 Å². The van der Waals surface area contributed by atoms with Crippen LogP contribution in [-0.2, 0) is 13.6 Å². The fraction of sp³-hybridized carbons (Fsp3) is 0.412. The highest BCUT2D eigenvalue weighted by Gasteiger charge is 2.24. The van der Waals surface area contributed by atoms with Crippen LogP contribution in [0, 0.1) is 6.92 Å². The molecule has 2 heterocycles. The standard InChI is InChI=1S/C17H22N4O/c1-14-16(13-19(2)18-14)17(22)21-10-8-20(9-11-21)12-15-6-4-3-5-7-15/h3-7,13H,8-12H2,1-2H3. The van der Waals surface area contributed by atoms with E-state index in [4.69, 9.17) is 0 Å². The number of nitrogens with zero attached hydrogens (tertiary/aromatic N) is 4. The summed E-state index contributed by atoms with van der Waals surface area (Å²) in [6, 6.07) is 10.5. The topological polar surface area (TPSA) is 41.4 Å². The highest BCUT2D eigenvalue weighted by Crippen LogP contribution is 2.13. The van der Waals surface area contributed by atoms with Gasteiger partial charge in [-0.25, -0.2) is 0 Å². The molecule has 1 amide bonds. The molecule has 0 unspecified atom stereocenters. The lowest BCUT2D eigenvalue weighted by Crippen LogP contribution is -2.48. The highest BCUT2D eigenvalue weighted by atomic mass is 16.2. The first-order chi connectivity index (χ1) is 10.6. The molecule has 1 saturated heterocycles. The molecule has 22 heavy (non-hydrogen) atoms. The Morgan fingerprint density at radius 1 is 1.14 bits per heavy atom. The Kier molecular flexibility index (Phi) is 4.24. The fourth-order valence-electron chi connectivity index (χ4n) is 2.93. The number of benzene rings is 1. The number of carbonyl (C=O) groups is 1. The minimum Gasteiger partial charge on any atom is -0.336 e. The van der Waals surface area contributed by atoms with Crippen molar-refractivity contribution in [1.82, 2.24) is 19.6 Å². The van der Waals surface area contributed by atoms with Crippen LogP contribution in [0.3, 0.4) is 0 Å². The Morgan fingerprint density at radius 3 is 2.41 bits per heavy atom. The van der Waals surface area contributed by atoms with Crippen LogP contribution in [0.1, 0.15) is 21.6 Å². The number of aromatic nitrogens is 2. The third-order valence-electron chi connectivity index (χ3n) is 4.15. The van der Waals surface area contributed by atoms with E-state index in [-0.39, 0.29) is 5.91 Å². The van der Waals surface area contributed by atoms with Crippen molar-refractivity contribution in [3.63, 3.8) is 0 Å². The van der Waals surface area contributed by atoms with E-state index in [9.17, 15) is 4.79 Å². The molecule has 0 radical (unpaired) electrons. The van der Waals surface area contributed by atoms with E-state index in [0.717, 1.165) is 44.0 Å². The predicted molar refractivity (Wildman–Crippen MR) is 85.6 cm³/mol. The van der Waals surface area contributed by atoms with Crippen molar-refractivity contribution < 1.29 is 4.79 Å². The van der Waals surface area contributed by atoms with Gasteiger partial charge in [-0.2, -0.15) is 5.10 Å². The summed E-state index contributed by atoms with van der Waals surface area (Å²) in [4.78, 5) is 16.9. The van der Waals surface area contributed by atoms with E-state index in [0.29, 0.717) is 0 Å². The number of aryl methyl sites for hydroxylation is 2. The first kappa shape index (κ1) is 14.8. The van der Waals surface area contributed by atoms with Gasteiger partial charge in [-0.3, -0.25) is 14.4 Å². The molecule has 2 aromatic rings. The summed E-state index contributed by atoms with van der Waals surface area (Å²) in [6.07, 6.45) is 1.81. The van der Waals surface area contributed by atoms with Crippen molar-refractivity contribution in [3.8, 4) is 0 Å². The number of piperazine rings is 1. The molecule has 1 fully saturated rings. The summed E-state index contributed by atoms with van der Waals surface area (Å²) in [5.41, 5.74) is 2.85. The first-order valence-corrected chi connectivity index (χ1v) is 7.69. The fourth-order valence-corrected chi connectivity index (χ4v) is 2.93. The summed E-state index contributed by atoms with van der Waals surface area (Å²) in [7, 11) is 1.85. The van der Waals surface area contributed by atoms with Crippen LogP contribution in [0.25, 0.3) is 0 Å². The van der Waals surface area contributed by atoms with Crippen LogP contribution in [0.15, 0.2) is 36.5 Å². The predicted octanol–water partition coefficient (Wildman–Crippen LogP) is 1.69. The molecule has 1 aromatic heterocycles. The van der Waals surface area contributed by atoms with Gasteiger partial charge in [-0.05, 0) is 12.5 Å². The quantitative estimate of drug-likeness (QED) is 0.866. The SMILES string of the molecule is Cc1nn(C)cc1C(=O)N1CCN(Cc2ccccc2)CC1. The van der Waals surface area contributed by atoms with Gasteiger partial charge in [0.05, 0.1) is 11.3 Å². The number of carbonyl (C=O) groups excluding carboxylic acids is 1. The molecule has 0 aliphatic carbocycles. The summed E-state index contributed by atoms with van der Waals surface area (Å²) < 4.78 is 1.70. The Balaban J connectivity index is 1.57. The molecule has 0 spiro atoms. The molecular weight excluding hydrogens is 276 g/mol. The zero-order valence-electron chi connectivity index (χ0n) is 13.2. The summed E-state index contributed by atoms with van der Waals surface area (Å²) >= 11 is 0. The first-order valence-electron chi connectivity index (χ1n) is 7.69. The average Bonchev–Trinajstić information content (AvgIpc) is 2.87. The molecule has 116 valence electrons. The van der Waals surface area contributed by atoms with E-state index in [2.05, 4.69) is 34.3 Å². The van der Waals surface area contributed by atoms with Crippen LogP contribution in [0.2, 0.25) is 0 Å². The van der Waals surface area contributed by atoms with Gasteiger partial charge in [0.1, 0.15) is 0 Å². The van der Waals surface area contributed by atoms with Crippen molar-refractivity contribution in [2.24, 2.45) is 7.05 Å². The number of amides is 1. The van der Waals surface area contributed by atoms with Crippen LogP contribution in [-0.4, -0.2) is 51.7 Å². The monoisotopic (exact) mass is 298 g/mol. The number of rotatable bonds is 3. The van der Waals surface area contributed by atoms with E-state index in [1.54, 1.807) is 4.68 Å². The van der Waals surface area contributed by atoms with E-state index >= 15 is 0 Å². The maximum Gasteiger partial charge on any atom is 0.257 e. The molecular formula is C17H22N4O. The zero-order chi connectivity index (χ0) is 15.5. The molecule has 5 nitrogen and oxygen atoms in total. The van der Waals surface area contributed by atoms with Crippen LogP contribution >= 0.6 is 0 Å². The lowest BCUT2D eigenvalue weighted by molar-refractivity contribution is 0.0627. The van der Waals surface area contributed by atoms with Crippen molar-refractivity contribution in [1.29, 1.82) is 0 Å². The van der Waals surface area contributed by atoms with Crippen molar-refractivity contribution in [2.45, 2.75) is 13.5 Å². The van der Waals surface area contributed by atoms with Gasteiger partial charge < -0.3 is 4.90 Å². The third kappa shape index (κ3) is 3.20. The van der Waals surface area contributed by atoms with Gasteiger partial charge in [0, 0.05) is 46.0 Å². The van der Waals surface area contributed by atoms with E-state index < -0.39 is 0 Å². The highest BCUT2D eigenvalue weighted by molar-refractivity contribution is 5.95. The Bertz CT molecular complexity index is 642. The molecule has 1 aliphatic heterocycles. The molecule has 1 aromatic carbocycles. The summed E-state index contributed by atoms with van der Waals surface area (Å²) in [5.74, 6) is 0.102. The Hall–Kier alpha value is -2.14. The maximum absolute atomic E-state index is 12.6. The zero-order valence-corrected chi connectivity index (χ0v) is 13.2. The van der Waals surface area contributed by atoms with Gasteiger partial charge in [0.25, 0.3) is 5.91 Å². The minimum atomic E-state index is 0.102. The van der Waals surface area contributed by atoms with Gasteiger partial charge in [-0.15, -0.1) is 0 Å². The normalized spacial score (nSPS) is 16.0. The summed E-state index contributed by atoms with van der Waals surface area (Å²) in [5, 5.41) is 4.26. The number of hydrogen-bond acceptors (Lipinski definition) is 3. The van der Waals surface area contributed by atoms with Gasteiger partial charge in [0.2, 0.25) is 0 Å². The van der Waals surface area contributed by atoms with Gasteiger partial charge >= 0.3 is 0 Å². The molecule has 3 rings (SSSR count). The molecule has 5 heteroatoms. The van der Waals surface area contributed by atoms with Crippen molar-refractivity contribution >= 4 is 5.91 Å². The smallest absolute Gasteiger partial charge is 0.257 e. The van der Waals surface area contributed by atoms with Gasteiger partial charge in [0.15, 0.2) is 0 Å². The minimum absolute atomic E-state index is 0.102. The van der Waals surface area contributed by atoms with Gasteiger partial charge in [-0.1, -0.05) is 30.3 Å². The van der Waals surface area contributed by atoms with Crippen LogP contribution < -0.4 is 0 Å². The molecule has 0 N–H and O–H groups in total. The Morgan fingerprint density at radius 2 is 1.82 bits per heavy atom. The summed E-state index contributed by atoms with van der Waals surface area (Å²) in [6.45, 7) is 6.23. The molecule has 0 bridgehead atoms. The largest absolute Gasteiger partial charge is 0.336 e. The maximum atomic E-state index is 12.6. The Labute approximate surface area is 131 Å².